The molecule has 11 rings (SSSR count). The lowest BCUT2D eigenvalue weighted by atomic mass is 9.98. The number of rotatable bonds is 4. The molecule has 0 radical (unpaired) electrons. The average molecular weight is 670 g/mol. The van der Waals surface area contributed by atoms with Gasteiger partial charge >= 0.3 is 0 Å². The van der Waals surface area contributed by atoms with Crippen molar-refractivity contribution in [3.8, 4) is 39.3 Å². The third-order valence-electron chi connectivity index (χ3n) is 11.3. The molecule has 0 fully saturated rings. The maximum absolute atomic E-state index is 5.08. The molecule has 7 aromatic carbocycles. The maximum atomic E-state index is 5.08. The van der Waals surface area contributed by atoms with E-state index in [0.717, 1.165) is 46.7 Å². The molecule has 52 heavy (non-hydrogen) atoms. The fourth-order valence-electron chi connectivity index (χ4n) is 8.74. The second-order valence-electron chi connectivity index (χ2n) is 14.3. The second-order valence-corrected chi connectivity index (χ2v) is 14.3. The fourth-order valence-corrected chi connectivity index (χ4v) is 8.74. The molecule has 0 saturated heterocycles. The lowest BCUT2D eigenvalue weighted by Gasteiger charge is -2.21. The van der Waals surface area contributed by atoms with Crippen LogP contribution in [0.4, 0.5) is 17.1 Å². The molecule has 1 aliphatic heterocycles. The highest BCUT2D eigenvalue weighted by molar-refractivity contribution is 6.11. The van der Waals surface area contributed by atoms with Crippen LogP contribution in [0.15, 0.2) is 152 Å². The van der Waals surface area contributed by atoms with Crippen LogP contribution in [0.25, 0.3) is 72.2 Å². The van der Waals surface area contributed by atoms with Crippen LogP contribution in [-0.4, -0.2) is 27.8 Å². The van der Waals surface area contributed by atoms with Crippen LogP contribution in [0.3, 0.4) is 0 Å². The molecule has 9 aromatic rings. The van der Waals surface area contributed by atoms with E-state index in [0.29, 0.717) is 0 Å². The predicted octanol–water partition coefficient (Wildman–Crippen LogP) is 11.1. The molecule has 3 heterocycles. The summed E-state index contributed by atoms with van der Waals surface area (Å²) in [5, 5.41) is 2.46. The largest absolute Gasteiger partial charge is 0.355 e. The van der Waals surface area contributed by atoms with Crippen LogP contribution in [0.2, 0.25) is 0 Å². The van der Waals surface area contributed by atoms with Crippen LogP contribution in [0.5, 0.6) is 0 Å². The van der Waals surface area contributed by atoms with Gasteiger partial charge in [-0.1, -0.05) is 97.1 Å². The Morgan fingerprint density at radius 1 is 0.500 bits per heavy atom. The second kappa shape index (κ2) is 11.0. The van der Waals surface area contributed by atoms with Gasteiger partial charge in [-0.2, -0.15) is 0 Å². The Hall–Kier alpha value is -6.59. The Balaban J connectivity index is 1.11. The van der Waals surface area contributed by atoms with Gasteiger partial charge in [0.15, 0.2) is 0 Å². The molecule has 2 aliphatic rings. The number of aryl methyl sites for hydroxylation is 1. The number of benzene rings is 7. The summed E-state index contributed by atoms with van der Waals surface area (Å²) in [7, 11) is 4.28. The summed E-state index contributed by atoms with van der Waals surface area (Å²) in [6.45, 7) is 0.805. The van der Waals surface area contributed by atoms with Crippen LogP contribution in [0, 0.1) is 0 Å². The number of para-hydroxylation sites is 4. The zero-order valence-electron chi connectivity index (χ0n) is 29.1. The van der Waals surface area contributed by atoms with Crippen molar-refractivity contribution in [3.05, 3.63) is 163 Å². The van der Waals surface area contributed by atoms with Crippen LogP contribution in [0.1, 0.15) is 11.1 Å². The molecule has 0 atom stereocenters. The minimum Gasteiger partial charge on any atom is -0.355 e. The van der Waals surface area contributed by atoms with Crippen molar-refractivity contribution < 1.29 is 0 Å². The Bertz CT molecular complexity index is 2910. The molecule has 2 aromatic heterocycles. The minimum absolute atomic E-state index is 0.805. The van der Waals surface area contributed by atoms with Crippen molar-refractivity contribution in [2.75, 3.05) is 23.5 Å². The summed E-state index contributed by atoms with van der Waals surface area (Å²) in [4.78, 5) is 9.80. The quantitative estimate of drug-likeness (QED) is 0.187. The fraction of sp³-hybridized carbons (Fsp3) is 0.0851. The van der Waals surface area contributed by atoms with E-state index in [-0.39, 0.29) is 0 Å². The van der Waals surface area contributed by atoms with E-state index >= 15 is 0 Å². The summed E-state index contributed by atoms with van der Waals surface area (Å²) >= 11 is 0. The molecular formula is C47H35N5. The maximum Gasteiger partial charge on any atom is 0.140 e. The van der Waals surface area contributed by atoms with Gasteiger partial charge in [-0.05, 0) is 94.4 Å². The molecule has 0 N–H and O–H groups in total. The van der Waals surface area contributed by atoms with Gasteiger partial charge in [-0.3, -0.25) is 0 Å². The van der Waals surface area contributed by atoms with Crippen molar-refractivity contribution in [1.29, 1.82) is 0 Å². The third-order valence-corrected chi connectivity index (χ3v) is 11.3. The summed E-state index contributed by atoms with van der Waals surface area (Å²) in [5.41, 5.74) is 18.4. The zero-order chi connectivity index (χ0) is 34.5. The SMILES string of the molecule is CN1CN(c2cccc(-n3c4cc(-c5ccc6c(c5)Cc5ccccc5-6)ccc4c4ccc(-c5nc6ccccc6n5C)cc43)c2)c2ccccc21. The van der Waals surface area contributed by atoms with Gasteiger partial charge in [0.1, 0.15) is 5.82 Å². The lowest BCUT2D eigenvalue weighted by Crippen LogP contribution is -2.24. The van der Waals surface area contributed by atoms with E-state index in [1.165, 1.54) is 66.7 Å². The summed E-state index contributed by atoms with van der Waals surface area (Å²) in [6, 6.07) is 55.7. The number of imidazole rings is 1. The minimum atomic E-state index is 0.805. The van der Waals surface area contributed by atoms with E-state index in [9.17, 15) is 0 Å². The summed E-state index contributed by atoms with van der Waals surface area (Å²) in [6.07, 6.45) is 0.981. The lowest BCUT2D eigenvalue weighted by molar-refractivity contribution is 0.948. The predicted molar refractivity (Wildman–Crippen MR) is 216 cm³/mol. The average Bonchev–Trinajstić information content (AvgIpc) is 3.93. The highest BCUT2D eigenvalue weighted by Crippen LogP contribution is 2.43. The molecule has 248 valence electrons. The van der Waals surface area contributed by atoms with Crippen molar-refractivity contribution in [1.82, 2.24) is 14.1 Å². The van der Waals surface area contributed by atoms with Gasteiger partial charge in [0, 0.05) is 41.8 Å². The highest BCUT2D eigenvalue weighted by atomic mass is 15.4. The van der Waals surface area contributed by atoms with Crippen molar-refractivity contribution in [2.24, 2.45) is 7.05 Å². The number of fused-ring (bicyclic) bond motifs is 8. The first-order valence-electron chi connectivity index (χ1n) is 18.0. The molecular weight excluding hydrogens is 635 g/mol. The zero-order valence-corrected chi connectivity index (χ0v) is 29.1. The molecule has 5 heteroatoms. The van der Waals surface area contributed by atoms with E-state index in [1.54, 1.807) is 0 Å². The molecule has 0 spiro atoms. The van der Waals surface area contributed by atoms with Gasteiger partial charge in [0.05, 0.1) is 40.1 Å². The molecule has 5 nitrogen and oxygen atoms in total. The van der Waals surface area contributed by atoms with Crippen molar-refractivity contribution in [2.45, 2.75) is 6.42 Å². The topological polar surface area (TPSA) is 29.2 Å². The first-order chi connectivity index (χ1) is 25.6. The molecule has 0 saturated carbocycles. The molecule has 1 aliphatic carbocycles. The Morgan fingerprint density at radius 3 is 2.04 bits per heavy atom. The number of anilines is 3. The highest BCUT2D eigenvalue weighted by Gasteiger charge is 2.25. The van der Waals surface area contributed by atoms with Gasteiger partial charge in [0.25, 0.3) is 0 Å². The molecule has 0 amide bonds. The number of nitrogens with zero attached hydrogens (tertiary/aromatic N) is 5. The van der Waals surface area contributed by atoms with E-state index in [4.69, 9.17) is 4.98 Å². The van der Waals surface area contributed by atoms with Crippen molar-refractivity contribution >= 4 is 49.9 Å². The first kappa shape index (κ1) is 29.2. The number of hydrogen-bond donors (Lipinski definition) is 0. The van der Waals surface area contributed by atoms with Crippen molar-refractivity contribution in [3.63, 3.8) is 0 Å². The third kappa shape index (κ3) is 4.26. The van der Waals surface area contributed by atoms with Crippen LogP contribution < -0.4 is 9.80 Å². The Morgan fingerprint density at radius 2 is 1.17 bits per heavy atom. The number of aromatic nitrogens is 3. The Kier molecular flexibility index (Phi) is 6.14. The van der Waals surface area contributed by atoms with Crippen LogP contribution >= 0.6 is 0 Å². The normalized spacial score (nSPS) is 13.3. The van der Waals surface area contributed by atoms with E-state index < -0.39 is 0 Å². The van der Waals surface area contributed by atoms with Gasteiger partial charge in [0.2, 0.25) is 0 Å². The van der Waals surface area contributed by atoms with E-state index in [1.807, 2.05) is 0 Å². The molecule has 0 unspecified atom stereocenters. The Labute approximate surface area is 302 Å². The van der Waals surface area contributed by atoms with Gasteiger partial charge in [-0.25, -0.2) is 4.98 Å². The van der Waals surface area contributed by atoms with Gasteiger partial charge in [-0.15, -0.1) is 0 Å². The monoisotopic (exact) mass is 669 g/mol. The summed E-state index contributed by atoms with van der Waals surface area (Å²) in [5.74, 6) is 0.963. The molecule has 0 bridgehead atoms. The van der Waals surface area contributed by atoms with E-state index in [2.05, 4.69) is 185 Å². The van der Waals surface area contributed by atoms with Gasteiger partial charge < -0.3 is 18.9 Å². The van der Waals surface area contributed by atoms with Crippen LogP contribution in [-0.2, 0) is 13.5 Å². The summed E-state index contributed by atoms with van der Waals surface area (Å²) < 4.78 is 4.66. The standard InChI is InChI=1S/C47H35N5/c1-49-29-51(44-17-8-7-16-43(44)49)35-11-9-12-36(28-35)52-45-26-31(30-18-21-38-34(24-30)25-32-10-3-4-13-37(32)38)19-22-39(45)40-23-20-33(27-46(40)52)47-48-41-14-5-6-15-42(41)50(47)2/h3-24,26-28H,25,29H2,1-2H3. The number of hydrogen-bond acceptors (Lipinski definition) is 3. The smallest absolute Gasteiger partial charge is 0.140 e. The first-order valence-corrected chi connectivity index (χ1v) is 18.0.